The van der Waals surface area contributed by atoms with Gasteiger partial charge in [0, 0.05) is 38.1 Å². The fraction of sp³-hybridized carbons (Fsp3) is 0.438. The van der Waals surface area contributed by atoms with Crippen molar-refractivity contribution in [3.8, 4) is 0 Å². The molecule has 0 aromatic carbocycles. The van der Waals surface area contributed by atoms with Crippen LogP contribution in [0, 0.1) is 0 Å². The Bertz CT molecular complexity index is 633. The number of carbonyl (C=O) groups is 1. The molecule has 1 fully saturated rings. The quantitative estimate of drug-likeness (QED) is 0.906. The van der Waals surface area contributed by atoms with Gasteiger partial charge in [-0.15, -0.1) is 0 Å². The maximum absolute atomic E-state index is 12.0. The first-order chi connectivity index (χ1) is 11.2. The standard InChI is InChI=1S/C16H22N6O/c1-2-22-12-14(11-18-22)20-16(23)19-13-6-9-21(10-7-13)15-5-3-4-8-17-15/h3-5,8,11-13H,2,6-7,9-10H2,1H3,(H2,19,20,23). The Hall–Kier alpha value is -2.57. The number of carbonyl (C=O) groups excluding carboxylic acids is 1. The van der Waals surface area contributed by atoms with Gasteiger partial charge in [0.25, 0.3) is 0 Å². The third-order valence-corrected chi connectivity index (χ3v) is 4.02. The summed E-state index contributed by atoms with van der Waals surface area (Å²) in [5.74, 6) is 1.00. The van der Waals surface area contributed by atoms with E-state index in [1.807, 2.05) is 37.5 Å². The molecule has 1 aliphatic heterocycles. The molecular weight excluding hydrogens is 292 g/mol. The highest BCUT2D eigenvalue weighted by Gasteiger charge is 2.21. The van der Waals surface area contributed by atoms with Gasteiger partial charge in [-0.05, 0) is 31.9 Å². The Morgan fingerprint density at radius 1 is 1.35 bits per heavy atom. The number of rotatable bonds is 4. The Labute approximate surface area is 135 Å². The second-order valence-corrected chi connectivity index (χ2v) is 5.63. The number of urea groups is 1. The van der Waals surface area contributed by atoms with Crippen LogP contribution in [0.5, 0.6) is 0 Å². The van der Waals surface area contributed by atoms with Crippen molar-refractivity contribution in [1.82, 2.24) is 20.1 Å². The summed E-state index contributed by atoms with van der Waals surface area (Å²) in [5, 5.41) is 10.00. The minimum absolute atomic E-state index is 0.170. The SMILES string of the molecule is CCn1cc(NC(=O)NC2CCN(c3ccccn3)CC2)cn1. The average molecular weight is 314 g/mol. The van der Waals surface area contributed by atoms with Crippen LogP contribution in [0.1, 0.15) is 19.8 Å². The van der Waals surface area contributed by atoms with Crippen molar-refractivity contribution < 1.29 is 4.79 Å². The smallest absolute Gasteiger partial charge is 0.319 e. The van der Waals surface area contributed by atoms with Gasteiger partial charge in [-0.1, -0.05) is 6.07 Å². The minimum Gasteiger partial charge on any atom is -0.356 e. The predicted molar refractivity (Wildman–Crippen MR) is 89.5 cm³/mol. The van der Waals surface area contributed by atoms with Gasteiger partial charge in [0.05, 0.1) is 11.9 Å². The second kappa shape index (κ2) is 7.13. The highest BCUT2D eigenvalue weighted by molar-refractivity contribution is 5.89. The molecule has 3 rings (SSSR count). The van der Waals surface area contributed by atoms with E-state index in [4.69, 9.17) is 0 Å². The number of hydrogen-bond donors (Lipinski definition) is 2. The number of aromatic nitrogens is 3. The van der Waals surface area contributed by atoms with Crippen LogP contribution in [-0.2, 0) is 6.54 Å². The minimum atomic E-state index is -0.170. The van der Waals surface area contributed by atoms with Crippen LogP contribution in [0.25, 0.3) is 0 Å². The molecule has 0 saturated carbocycles. The van der Waals surface area contributed by atoms with Crippen LogP contribution in [0.3, 0.4) is 0 Å². The number of piperidine rings is 1. The van der Waals surface area contributed by atoms with Crippen molar-refractivity contribution >= 4 is 17.5 Å². The molecule has 1 saturated heterocycles. The Morgan fingerprint density at radius 2 is 2.17 bits per heavy atom. The highest BCUT2D eigenvalue weighted by Crippen LogP contribution is 2.17. The zero-order valence-electron chi connectivity index (χ0n) is 13.3. The van der Waals surface area contributed by atoms with E-state index in [1.165, 1.54) is 0 Å². The maximum atomic E-state index is 12.0. The maximum Gasteiger partial charge on any atom is 0.319 e. The number of hydrogen-bond acceptors (Lipinski definition) is 4. The normalized spacial score (nSPS) is 15.4. The molecule has 0 radical (unpaired) electrons. The van der Waals surface area contributed by atoms with Crippen molar-refractivity contribution in [2.45, 2.75) is 32.4 Å². The van der Waals surface area contributed by atoms with Gasteiger partial charge in [0.15, 0.2) is 0 Å². The summed E-state index contributed by atoms with van der Waals surface area (Å²) in [4.78, 5) is 18.7. The lowest BCUT2D eigenvalue weighted by Gasteiger charge is -2.33. The molecule has 1 aliphatic rings. The highest BCUT2D eigenvalue weighted by atomic mass is 16.2. The number of nitrogens with zero attached hydrogens (tertiary/aromatic N) is 4. The van der Waals surface area contributed by atoms with Crippen molar-refractivity contribution in [2.75, 3.05) is 23.3 Å². The lowest BCUT2D eigenvalue weighted by molar-refractivity contribution is 0.246. The Balaban J connectivity index is 1.46. The van der Waals surface area contributed by atoms with E-state index in [0.29, 0.717) is 0 Å². The zero-order valence-corrected chi connectivity index (χ0v) is 13.3. The lowest BCUT2D eigenvalue weighted by Crippen LogP contribution is -2.46. The van der Waals surface area contributed by atoms with Crippen LogP contribution in [-0.4, -0.2) is 39.9 Å². The predicted octanol–water partition coefficient (Wildman–Crippen LogP) is 2.09. The fourth-order valence-corrected chi connectivity index (χ4v) is 2.75. The molecule has 7 heteroatoms. The van der Waals surface area contributed by atoms with Crippen molar-refractivity contribution in [1.29, 1.82) is 0 Å². The topological polar surface area (TPSA) is 75.1 Å². The number of pyridine rings is 1. The molecule has 7 nitrogen and oxygen atoms in total. The number of amides is 2. The molecule has 23 heavy (non-hydrogen) atoms. The van der Waals surface area contributed by atoms with E-state index >= 15 is 0 Å². The fourth-order valence-electron chi connectivity index (χ4n) is 2.75. The van der Waals surface area contributed by atoms with Gasteiger partial charge in [0.1, 0.15) is 5.82 Å². The van der Waals surface area contributed by atoms with Gasteiger partial charge in [0.2, 0.25) is 0 Å². The van der Waals surface area contributed by atoms with Gasteiger partial charge >= 0.3 is 6.03 Å². The lowest BCUT2D eigenvalue weighted by atomic mass is 10.1. The first-order valence-electron chi connectivity index (χ1n) is 8.00. The first-order valence-corrected chi connectivity index (χ1v) is 8.00. The number of aryl methyl sites for hydroxylation is 1. The summed E-state index contributed by atoms with van der Waals surface area (Å²) in [7, 11) is 0. The number of nitrogens with one attached hydrogen (secondary N) is 2. The van der Waals surface area contributed by atoms with E-state index in [0.717, 1.165) is 44.0 Å². The van der Waals surface area contributed by atoms with Crippen LogP contribution in [0.2, 0.25) is 0 Å². The molecule has 2 amide bonds. The third kappa shape index (κ3) is 4.00. The molecule has 0 bridgehead atoms. The molecule has 2 aromatic heterocycles. The second-order valence-electron chi connectivity index (χ2n) is 5.63. The van der Waals surface area contributed by atoms with Gasteiger partial charge in [-0.25, -0.2) is 9.78 Å². The molecule has 3 heterocycles. The average Bonchev–Trinajstić information content (AvgIpc) is 3.04. The molecule has 0 atom stereocenters. The van der Waals surface area contributed by atoms with Crippen molar-refractivity contribution in [3.63, 3.8) is 0 Å². The summed E-state index contributed by atoms with van der Waals surface area (Å²) < 4.78 is 1.78. The van der Waals surface area contributed by atoms with Crippen molar-refractivity contribution in [2.24, 2.45) is 0 Å². The van der Waals surface area contributed by atoms with Crippen LogP contribution in [0.15, 0.2) is 36.8 Å². The van der Waals surface area contributed by atoms with Gasteiger partial charge in [-0.2, -0.15) is 5.10 Å². The number of anilines is 2. The van der Waals surface area contributed by atoms with Crippen LogP contribution < -0.4 is 15.5 Å². The molecule has 0 spiro atoms. The molecule has 0 aliphatic carbocycles. The van der Waals surface area contributed by atoms with E-state index in [9.17, 15) is 4.79 Å². The molecule has 2 N–H and O–H groups in total. The Morgan fingerprint density at radius 3 is 2.83 bits per heavy atom. The van der Waals surface area contributed by atoms with Crippen molar-refractivity contribution in [3.05, 3.63) is 36.8 Å². The van der Waals surface area contributed by atoms with E-state index in [2.05, 4.69) is 25.6 Å². The largest absolute Gasteiger partial charge is 0.356 e. The van der Waals surface area contributed by atoms with Gasteiger partial charge < -0.3 is 15.5 Å². The summed E-state index contributed by atoms with van der Waals surface area (Å²) in [6.45, 7) is 4.59. The summed E-state index contributed by atoms with van der Waals surface area (Å²) in [5.41, 5.74) is 0.718. The zero-order chi connectivity index (χ0) is 16.1. The monoisotopic (exact) mass is 314 g/mol. The summed E-state index contributed by atoms with van der Waals surface area (Å²) in [6, 6.07) is 5.96. The first kappa shape index (κ1) is 15.3. The van der Waals surface area contributed by atoms with Gasteiger partial charge in [-0.3, -0.25) is 4.68 Å². The molecule has 0 unspecified atom stereocenters. The van der Waals surface area contributed by atoms with E-state index < -0.39 is 0 Å². The third-order valence-electron chi connectivity index (χ3n) is 4.02. The summed E-state index contributed by atoms with van der Waals surface area (Å²) >= 11 is 0. The van der Waals surface area contributed by atoms with Crippen LogP contribution >= 0.6 is 0 Å². The Kier molecular flexibility index (Phi) is 4.75. The molecular formula is C16H22N6O. The molecule has 122 valence electrons. The van der Waals surface area contributed by atoms with E-state index in [1.54, 1.807) is 10.9 Å². The van der Waals surface area contributed by atoms with E-state index in [-0.39, 0.29) is 12.1 Å². The van der Waals surface area contributed by atoms with Crippen LogP contribution in [0.4, 0.5) is 16.3 Å². The molecule has 2 aromatic rings. The summed E-state index contributed by atoms with van der Waals surface area (Å²) in [6.07, 6.45) is 7.12.